The van der Waals surface area contributed by atoms with E-state index in [9.17, 15) is 13.2 Å². The number of piperidine rings is 1. The molecule has 1 aromatic carbocycles. The van der Waals surface area contributed by atoms with Gasteiger partial charge in [0.25, 0.3) is 5.91 Å². The van der Waals surface area contributed by atoms with Gasteiger partial charge in [0.05, 0.1) is 21.7 Å². The maximum Gasteiger partial charge on any atom is 0.253 e. The molecule has 0 aliphatic carbocycles. The molecule has 6 nitrogen and oxygen atoms in total. The number of halogens is 1. The van der Waals surface area contributed by atoms with Crippen LogP contribution in [0.2, 0.25) is 5.02 Å². The Morgan fingerprint density at radius 3 is 2.67 bits per heavy atom. The molecule has 2 heterocycles. The van der Waals surface area contributed by atoms with E-state index in [4.69, 9.17) is 16.0 Å². The Kier molecular flexibility index (Phi) is 6.24. The van der Waals surface area contributed by atoms with Crippen LogP contribution in [-0.4, -0.2) is 37.8 Å². The van der Waals surface area contributed by atoms with Gasteiger partial charge in [-0.1, -0.05) is 18.0 Å². The Balaban J connectivity index is 1.77. The smallest absolute Gasteiger partial charge is 0.253 e. The first-order chi connectivity index (χ1) is 12.9. The first-order valence-electron chi connectivity index (χ1n) is 9.01. The van der Waals surface area contributed by atoms with E-state index in [1.165, 1.54) is 22.5 Å². The molecule has 0 bridgehead atoms. The van der Waals surface area contributed by atoms with Crippen LogP contribution in [0.4, 0.5) is 0 Å². The predicted octanol–water partition coefficient (Wildman–Crippen LogP) is 3.47. The van der Waals surface area contributed by atoms with Crippen molar-refractivity contribution in [2.24, 2.45) is 0 Å². The van der Waals surface area contributed by atoms with Gasteiger partial charge in [0, 0.05) is 25.6 Å². The second kappa shape index (κ2) is 8.46. The highest BCUT2D eigenvalue weighted by Crippen LogP contribution is 2.25. The number of sulfonamides is 1. The first kappa shape index (κ1) is 19.9. The minimum absolute atomic E-state index is 0.0950. The lowest BCUT2D eigenvalue weighted by molar-refractivity contribution is 0.0939. The fraction of sp³-hybridized carbons (Fsp3) is 0.421. The zero-order valence-electron chi connectivity index (χ0n) is 15.2. The average molecular weight is 411 g/mol. The summed E-state index contributed by atoms with van der Waals surface area (Å²) in [5.41, 5.74) is 0.154. The summed E-state index contributed by atoms with van der Waals surface area (Å²) in [4.78, 5) is 12.7. The highest BCUT2D eigenvalue weighted by atomic mass is 35.5. The summed E-state index contributed by atoms with van der Waals surface area (Å²) in [6, 6.07) is 7.71. The fourth-order valence-corrected chi connectivity index (χ4v) is 4.92. The summed E-state index contributed by atoms with van der Waals surface area (Å²) in [7, 11) is -3.62. The molecule has 1 saturated heterocycles. The van der Waals surface area contributed by atoms with Gasteiger partial charge in [-0.3, -0.25) is 4.79 Å². The molecule has 27 heavy (non-hydrogen) atoms. The molecule has 2 aromatic rings. The normalized spacial score (nSPS) is 16.8. The lowest BCUT2D eigenvalue weighted by Crippen LogP contribution is -2.36. The number of nitrogens with zero attached hydrogens (tertiary/aromatic N) is 1. The molecule has 1 atom stereocenters. The molecule has 0 saturated carbocycles. The zero-order valence-corrected chi connectivity index (χ0v) is 16.7. The number of carbonyl (C=O) groups excluding carboxylic acids is 1. The molecule has 1 N–H and O–H groups in total. The number of hydrogen-bond acceptors (Lipinski definition) is 4. The number of benzene rings is 1. The lowest BCUT2D eigenvalue weighted by Gasteiger charge is -2.26. The van der Waals surface area contributed by atoms with Crippen molar-refractivity contribution >= 4 is 27.5 Å². The number of carbonyl (C=O) groups is 1. The Bertz CT molecular complexity index is 890. The van der Waals surface area contributed by atoms with Crippen LogP contribution in [-0.2, 0) is 16.4 Å². The fourth-order valence-electron chi connectivity index (χ4n) is 3.18. The van der Waals surface area contributed by atoms with Gasteiger partial charge in [0.15, 0.2) is 0 Å². The highest BCUT2D eigenvalue weighted by molar-refractivity contribution is 7.89. The maximum absolute atomic E-state index is 12.8. The topological polar surface area (TPSA) is 79.6 Å². The van der Waals surface area contributed by atoms with Gasteiger partial charge >= 0.3 is 0 Å². The average Bonchev–Trinajstić information content (AvgIpc) is 3.15. The molecule has 1 aromatic heterocycles. The Labute approximate surface area is 164 Å². The van der Waals surface area contributed by atoms with Crippen molar-refractivity contribution in [1.29, 1.82) is 0 Å². The SMILES string of the molecule is C[C@@H](Cc1ccco1)NC(=O)c1cc(S(=O)(=O)N2CCCCC2)ccc1Cl. The van der Waals surface area contributed by atoms with Crippen molar-refractivity contribution in [2.45, 2.75) is 43.5 Å². The summed E-state index contributed by atoms with van der Waals surface area (Å²) in [5, 5.41) is 3.06. The van der Waals surface area contributed by atoms with Gasteiger partial charge in [-0.2, -0.15) is 4.31 Å². The number of furan rings is 1. The third kappa shape index (κ3) is 4.72. The number of amides is 1. The third-order valence-electron chi connectivity index (χ3n) is 4.60. The van der Waals surface area contributed by atoms with Crippen LogP contribution in [0.15, 0.2) is 45.9 Å². The molecule has 0 spiro atoms. The summed E-state index contributed by atoms with van der Waals surface area (Å²) in [5.74, 6) is 0.352. The molecule has 146 valence electrons. The Morgan fingerprint density at radius 1 is 1.26 bits per heavy atom. The van der Waals surface area contributed by atoms with Crippen LogP contribution < -0.4 is 5.32 Å². The van der Waals surface area contributed by atoms with Crippen molar-refractivity contribution in [3.8, 4) is 0 Å². The first-order valence-corrected chi connectivity index (χ1v) is 10.8. The van der Waals surface area contributed by atoms with E-state index in [0.29, 0.717) is 19.5 Å². The number of hydrogen-bond donors (Lipinski definition) is 1. The minimum Gasteiger partial charge on any atom is -0.469 e. The van der Waals surface area contributed by atoms with E-state index in [-0.39, 0.29) is 21.5 Å². The minimum atomic E-state index is -3.62. The van der Waals surface area contributed by atoms with Crippen molar-refractivity contribution in [3.63, 3.8) is 0 Å². The van der Waals surface area contributed by atoms with E-state index < -0.39 is 15.9 Å². The van der Waals surface area contributed by atoms with E-state index >= 15 is 0 Å². The molecule has 0 radical (unpaired) electrons. The molecular weight excluding hydrogens is 388 g/mol. The second-order valence-corrected chi connectivity index (χ2v) is 9.11. The highest BCUT2D eigenvalue weighted by Gasteiger charge is 2.27. The Hall–Kier alpha value is -1.83. The molecule has 1 amide bonds. The molecule has 8 heteroatoms. The standard InChI is InChI=1S/C19H23ClN2O4S/c1-14(12-15-6-5-11-26-15)21-19(23)17-13-16(7-8-18(17)20)27(24,25)22-9-3-2-4-10-22/h5-8,11,13-14H,2-4,9-10,12H2,1H3,(H,21,23)/t14-/m0/s1. The van der Waals surface area contributed by atoms with Crippen molar-refractivity contribution in [1.82, 2.24) is 9.62 Å². The van der Waals surface area contributed by atoms with Crippen LogP contribution >= 0.6 is 11.6 Å². The molecule has 0 unspecified atom stereocenters. The van der Waals surface area contributed by atoms with Crippen LogP contribution in [0.3, 0.4) is 0 Å². The van der Waals surface area contributed by atoms with Crippen LogP contribution in [0.25, 0.3) is 0 Å². The van der Waals surface area contributed by atoms with E-state index in [0.717, 1.165) is 25.0 Å². The monoisotopic (exact) mass is 410 g/mol. The summed E-state index contributed by atoms with van der Waals surface area (Å²) in [6.07, 6.45) is 4.85. The number of nitrogens with one attached hydrogen (secondary N) is 1. The predicted molar refractivity (Wildman–Crippen MR) is 103 cm³/mol. The van der Waals surface area contributed by atoms with Gasteiger partial charge in [0.1, 0.15) is 5.76 Å². The third-order valence-corrected chi connectivity index (χ3v) is 6.82. The van der Waals surface area contributed by atoms with Crippen molar-refractivity contribution < 1.29 is 17.6 Å². The van der Waals surface area contributed by atoms with Gasteiger partial charge < -0.3 is 9.73 Å². The lowest BCUT2D eigenvalue weighted by atomic mass is 10.1. The largest absolute Gasteiger partial charge is 0.469 e. The van der Waals surface area contributed by atoms with Crippen LogP contribution in [0.5, 0.6) is 0 Å². The summed E-state index contributed by atoms with van der Waals surface area (Å²) < 4.78 is 32.4. The van der Waals surface area contributed by atoms with Crippen molar-refractivity contribution in [3.05, 3.63) is 52.9 Å². The zero-order chi connectivity index (χ0) is 19.4. The molecular formula is C19H23ClN2O4S. The molecule has 3 rings (SSSR count). The molecule has 1 fully saturated rings. The maximum atomic E-state index is 12.8. The van der Waals surface area contributed by atoms with E-state index in [2.05, 4.69) is 5.32 Å². The molecule has 1 aliphatic rings. The van der Waals surface area contributed by atoms with Gasteiger partial charge in [-0.25, -0.2) is 8.42 Å². The summed E-state index contributed by atoms with van der Waals surface area (Å²) in [6.45, 7) is 2.86. The second-order valence-electron chi connectivity index (χ2n) is 6.76. The van der Waals surface area contributed by atoms with Crippen LogP contribution in [0.1, 0.15) is 42.3 Å². The Morgan fingerprint density at radius 2 is 2.00 bits per heavy atom. The molecule has 1 aliphatic heterocycles. The summed E-state index contributed by atoms with van der Waals surface area (Å²) >= 11 is 6.17. The van der Waals surface area contributed by atoms with E-state index in [1.54, 1.807) is 12.3 Å². The quantitative estimate of drug-likeness (QED) is 0.790. The van der Waals surface area contributed by atoms with Gasteiger partial charge in [-0.15, -0.1) is 0 Å². The number of rotatable bonds is 6. The van der Waals surface area contributed by atoms with Crippen LogP contribution in [0, 0.1) is 0 Å². The van der Waals surface area contributed by atoms with Crippen molar-refractivity contribution in [2.75, 3.05) is 13.1 Å². The van der Waals surface area contributed by atoms with E-state index in [1.807, 2.05) is 13.0 Å². The van der Waals surface area contributed by atoms with Gasteiger partial charge in [-0.05, 0) is 50.1 Å². The van der Waals surface area contributed by atoms with Gasteiger partial charge in [0.2, 0.25) is 10.0 Å².